The number of benzene rings is 2. The van der Waals surface area contributed by atoms with E-state index in [0.717, 1.165) is 10.0 Å². The molecule has 0 unspecified atom stereocenters. The number of carbonyl (C=O) groups excluding carboxylic acids is 1. The maximum atomic E-state index is 11.8. The van der Waals surface area contributed by atoms with Crippen molar-refractivity contribution in [2.24, 2.45) is 0 Å². The summed E-state index contributed by atoms with van der Waals surface area (Å²) in [5.74, 6) is -0.250. The van der Waals surface area contributed by atoms with Crippen LogP contribution >= 0.6 is 27.5 Å². The van der Waals surface area contributed by atoms with E-state index in [0.29, 0.717) is 16.4 Å². The molecule has 0 bridgehead atoms. The minimum Gasteiger partial charge on any atom is -0.399 e. The summed E-state index contributed by atoms with van der Waals surface area (Å²) < 4.78 is 0.993. The smallest absolute Gasteiger partial charge is 0.248 e. The second-order valence-corrected chi connectivity index (χ2v) is 5.44. The number of hydrogen-bond donors (Lipinski definition) is 2. The number of anilines is 2. The first-order valence-electron chi connectivity index (χ1n) is 5.84. The highest BCUT2D eigenvalue weighted by molar-refractivity contribution is 9.10. The molecule has 5 heteroatoms. The fourth-order valence-electron chi connectivity index (χ4n) is 1.55. The van der Waals surface area contributed by atoms with E-state index in [1.807, 2.05) is 24.3 Å². The van der Waals surface area contributed by atoms with Crippen LogP contribution in [0.2, 0.25) is 5.02 Å². The van der Waals surface area contributed by atoms with Crippen molar-refractivity contribution in [1.82, 2.24) is 0 Å². The third-order valence-corrected chi connectivity index (χ3v) is 3.39. The molecule has 1 amide bonds. The van der Waals surface area contributed by atoms with Crippen molar-refractivity contribution >= 4 is 50.9 Å². The lowest BCUT2D eigenvalue weighted by molar-refractivity contribution is -0.111. The predicted octanol–water partition coefficient (Wildman–Crippen LogP) is 4.34. The first kappa shape index (κ1) is 14.6. The van der Waals surface area contributed by atoms with Gasteiger partial charge in [0.1, 0.15) is 0 Å². The van der Waals surface area contributed by atoms with Crippen LogP contribution in [0.25, 0.3) is 6.08 Å². The topological polar surface area (TPSA) is 55.1 Å². The Morgan fingerprint density at radius 2 is 1.90 bits per heavy atom. The largest absolute Gasteiger partial charge is 0.399 e. The number of halogens is 2. The highest BCUT2D eigenvalue weighted by atomic mass is 79.9. The van der Waals surface area contributed by atoms with Gasteiger partial charge in [-0.15, -0.1) is 0 Å². The molecule has 2 aromatic carbocycles. The predicted molar refractivity (Wildman–Crippen MR) is 87.7 cm³/mol. The van der Waals surface area contributed by atoms with Gasteiger partial charge in [0.15, 0.2) is 0 Å². The zero-order valence-electron chi connectivity index (χ0n) is 10.4. The van der Waals surface area contributed by atoms with Gasteiger partial charge in [-0.3, -0.25) is 4.79 Å². The number of rotatable bonds is 3. The highest BCUT2D eigenvalue weighted by Gasteiger charge is 2.03. The first-order valence-corrected chi connectivity index (χ1v) is 7.01. The molecule has 0 radical (unpaired) electrons. The summed E-state index contributed by atoms with van der Waals surface area (Å²) in [6.07, 6.45) is 3.18. The van der Waals surface area contributed by atoms with E-state index >= 15 is 0 Å². The summed E-state index contributed by atoms with van der Waals surface area (Å²) in [7, 11) is 0. The van der Waals surface area contributed by atoms with Crippen molar-refractivity contribution in [1.29, 1.82) is 0 Å². The summed E-state index contributed by atoms with van der Waals surface area (Å²) in [6.45, 7) is 0. The zero-order valence-corrected chi connectivity index (χ0v) is 12.8. The molecular weight excluding hydrogens is 340 g/mol. The van der Waals surface area contributed by atoms with Crippen LogP contribution in [0, 0.1) is 0 Å². The molecule has 0 saturated carbocycles. The monoisotopic (exact) mass is 350 g/mol. The average Bonchev–Trinajstić information content (AvgIpc) is 2.41. The molecule has 0 aliphatic heterocycles. The van der Waals surface area contributed by atoms with E-state index in [-0.39, 0.29) is 5.91 Å². The lowest BCUT2D eigenvalue weighted by Gasteiger charge is -2.05. The van der Waals surface area contributed by atoms with Gasteiger partial charge < -0.3 is 11.1 Å². The van der Waals surface area contributed by atoms with Gasteiger partial charge in [0.25, 0.3) is 0 Å². The Morgan fingerprint density at radius 1 is 1.20 bits per heavy atom. The van der Waals surface area contributed by atoms with Gasteiger partial charge in [0.2, 0.25) is 5.91 Å². The molecule has 0 fully saturated rings. The lowest BCUT2D eigenvalue weighted by atomic mass is 10.2. The Labute approximate surface area is 130 Å². The molecule has 0 aliphatic carbocycles. The SMILES string of the molecule is Nc1ccc(NC(=O)/C=C/c2ccc(Br)cc2)c(Cl)c1. The van der Waals surface area contributed by atoms with E-state index in [2.05, 4.69) is 21.2 Å². The summed E-state index contributed by atoms with van der Waals surface area (Å²) >= 11 is 9.34. The Kier molecular flexibility index (Phi) is 4.82. The highest BCUT2D eigenvalue weighted by Crippen LogP contribution is 2.24. The van der Waals surface area contributed by atoms with E-state index in [1.165, 1.54) is 6.08 Å². The summed E-state index contributed by atoms with van der Waals surface area (Å²) in [5, 5.41) is 3.11. The van der Waals surface area contributed by atoms with Gasteiger partial charge in [-0.05, 0) is 42.0 Å². The summed E-state index contributed by atoms with van der Waals surface area (Å²) in [5.41, 5.74) is 7.61. The van der Waals surface area contributed by atoms with Crippen molar-refractivity contribution in [3.05, 3.63) is 63.6 Å². The molecule has 102 valence electrons. The van der Waals surface area contributed by atoms with Crippen molar-refractivity contribution in [3.8, 4) is 0 Å². The molecule has 0 aliphatic rings. The molecular formula is C15H12BrClN2O. The van der Waals surface area contributed by atoms with Crippen LogP contribution in [0.5, 0.6) is 0 Å². The number of amides is 1. The van der Waals surface area contributed by atoms with Gasteiger partial charge in [-0.2, -0.15) is 0 Å². The quantitative estimate of drug-likeness (QED) is 0.638. The minimum absolute atomic E-state index is 0.250. The normalized spacial score (nSPS) is 10.7. The molecule has 3 nitrogen and oxygen atoms in total. The summed E-state index contributed by atoms with van der Waals surface area (Å²) in [4.78, 5) is 11.8. The Hall–Kier alpha value is -1.78. The van der Waals surface area contributed by atoms with Crippen LogP contribution in [0.15, 0.2) is 53.0 Å². The van der Waals surface area contributed by atoms with Crippen LogP contribution in [0.4, 0.5) is 11.4 Å². The van der Waals surface area contributed by atoms with Crippen LogP contribution < -0.4 is 11.1 Å². The van der Waals surface area contributed by atoms with E-state index in [9.17, 15) is 4.79 Å². The van der Waals surface area contributed by atoms with E-state index in [1.54, 1.807) is 24.3 Å². The molecule has 0 atom stereocenters. The van der Waals surface area contributed by atoms with Crippen molar-refractivity contribution in [2.75, 3.05) is 11.1 Å². The Bertz CT molecular complexity index is 653. The van der Waals surface area contributed by atoms with Crippen molar-refractivity contribution in [3.63, 3.8) is 0 Å². The second-order valence-electron chi connectivity index (χ2n) is 4.11. The van der Waals surface area contributed by atoms with Gasteiger partial charge in [0, 0.05) is 16.2 Å². The number of hydrogen-bond acceptors (Lipinski definition) is 2. The van der Waals surface area contributed by atoms with E-state index < -0.39 is 0 Å². The molecule has 3 N–H and O–H groups in total. The third kappa shape index (κ3) is 4.11. The fraction of sp³-hybridized carbons (Fsp3) is 0. The van der Waals surface area contributed by atoms with Gasteiger partial charge in [-0.1, -0.05) is 39.7 Å². The standard InChI is InChI=1S/C15H12BrClN2O/c16-11-4-1-10(2-5-11)3-8-15(20)19-14-7-6-12(18)9-13(14)17/h1-9H,18H2,(H,19,20)/b8-3+. The molecule has 2 rings (SSSR count). The molecule has 0 saturated heterocycles. The lowest BCUT2D eigenvalue weighted by Crippen LogP contribution is -2.08. The van der Waals surface area contributed by atoms with Gasteiger partial charge in [-0.25, -0.2) is 0 Å². The van der Waals surface area contributed by atoms with Crippen molar-refractivity contribution in [2.45, 2.75) is 0 Å². The van der Waals surface area contributed by atoms with Gasteiger partial charge >= 0.3 is 0 Å². The Balaban J connectivity index is 2.03. The molecule has 0 aromatic heterocycles. The Morgan fingerprint density at radius 3 is 2.55 bits per heavy atom. The van der Waals surface area contributed by atoms with Crippen LogP contribution in [0.3, 0.4) is 0 Å². The van der Waals surface area contributed by atoms with Crippen LogP contribution in [-0.2, 0) is 4.79 Å². The zero-order chi connectivity index (χ0) is 14.5. The van der Waals surface area contributed by atoms with Crippen LogP contribution in [-0.4, -0.2) is 5.91 Å². The van der Waals surface area contributed by atoms with Crippen molar-refractivity contribution < 1.29 is 4.79 Å². The van der Waals surface area contributed by atoms with Gasteiger partial charge in [0.05, 0.1) is 10.7 Å². The number of nitrogen functional groups attached to an aromatic ring is 1. The maximum Gasteiger partial charge on any atom is 0.248 e. The number of carbonyl (C=O) groups is 1. The second kappa shape index (κ2) is 6.59. The first-order chi connectivity index (χ1) is 9.54. The molecule has 20 heavy (non-hydrogen) atoms. The van der Waals surface area contributed by atoms with E-state index in [4.69, 9.17) is 17.3 Å². The number of nitrogens with one attached hydrogen (secondary N) is 1. The fourth-order valence-corrected chi connectivity index (χ4v) is 2.05. The summed E-state index contributed by atoms with van der Waals surface area (Å²) in [6, 6.07) is 12.6. The molecule has 0 heterocycles. The molecule has 0 spiro atoms. The molecule has 2 aromatic rings. The minimum atomic E-state index is -0.250. The maximum absolute atomic E-state index is 11.8. The van der Waals surface area contributed by atoms with Crippen LogP contribution in [0.1, 0.15) is 5.56 Å². The average molecular weight is 352 g/mol. The third-order valence-electron chi connectivity index (χ3n) is 2.55. The number of nitrogens with two attached hydrogens (primary N) is 1.